The quantitative estimate of drug-likeness (QED) is 0.570. The minimum absolute atomic E-state index is 0. The predicted molar refractivity (Wildman–Crippen MR) is 118 cm³/mol. The van der Waals surface area contributed by atoms with Crippen LogP contribution >= 0.6 is 0 Å². The molecule has 0 bridgehead atoms. The summed E-state index contributed by atoms with van der Waals surface area (Å²) in [5.41, 5.74) is 2.30. The Kier molecular flexibility index (Phi) is 19.3. The summed E-state index contributed by atoms with van der Waals surface area (Å²) in [5.74, 6) is 0. The Bertz CT molecular complexity index is 294. The van der Waals surface area contributed by atoms with Crippen molar-refractivity contribution in [2.24, 2.45) is 0 Å². The van der Waals surface area contributed by atoms with Crippen molar-refractivity contribution in [1.29, 1.82) is 0 Å². The minimum Gasteiger partial charge on any atom is -0.431 e. The van der Waals surface area contributed by atoms with E-state index in [4.69, 9.17) is 5.11 Å². The van der Waals surface area contributed by atoms with Crippen molar-refractivity contribution in [3.8, 4) is 0 Å². The zero-order valence-electron chi connectivity index (χ0n) is 18.4. The molecule has 3 rings (SSSR count). The molecule has 6 N–H and O–H groups in total. The minimum atomic E-state index is -2.05. The van der Waals surface area contributed by atoms with E-state index in [-0.39, 0.29) is 32.7 Å². The summed E-state index contributed by atoms with van der Waals surface area (Å²) in [6.07, 6.45) is 23.0. The monoisotopic (exact) mass is 452 g/mol. The summed E-state index contributed by atoms with van der Waals surface area (Å²) in [5, 5.41) is 8.07. The Hall–Kier alpha value is 0.771. The fourth-order valence-corrected chi connectivity index (χ4v) is 11.9. The average Bonchev–Trinajstić information content (AvgIpc) is 2.70. The Morgan fingerprint density at radius 1 is 0.643 bits per heavy atom. The van der Waals surface area contributed by atoms with Gasteiger partial charge >= 0.3 is 0 Å². The van der Waals surface area contributed by atoms with Crippen molar-refractivity contribution in [2.45, 2.75) is 133 Å². The van der Waals surface area contributed by atoms with Crippen LogP contribution in [0.15, 0.2) is 0 Å². The molecule has 0 unspecified atom stereocenters. The normalized spacial score (nSPS) is 22.0. The van der Waals surface area contributed by atoms with Gasteiger partial charge in [0.2, 0.25) is 0 Å². The van der Waals surface area contributed by atoms with Crippen LogP contribution in [-0.4, -0.2) is 35.8 Å². The molecule has 0 aromatic rings. The number of unbranched alkanes of at least 4 members (excludes halogenated alkanes) is 1. The van der Waals surface area contributed by atoms with Crippen molar-refractivity contribution < 1.29 is 42.6 Å². The van der Waals surface area contributed by atoms with Crippen molar-refractivity contribution in [3.63, 3.8) is 0 Å². The molecule has 0 amide bonds. The Labute approximate surface area is 189 Å². The van der Waals surface area contributed by atoms with Gasteiger partial charge in [0.05, 0.1) is 0 Å². The van der Waals surface area contributed by atoms with Gasteiger partial charge in [-0.05, 0) is 23.0 Å². The van der Waals surface area contributed by atoms with Crippen LogP contribution in [0.4, 0.5) is 0 Å². The van der Waals surface area contributed by atoms with E-state index in [1.54, 1.807) is 0 Å². The zero-order chi connectivity index (χ0) is 18.0. The van der Waals surface area contributed by atoms with Crippen LogP contribution in [0, 0.1) is 0 Å². The molecule has 3 aliphatic carbocycles. The largest absolute Gasteiger partial charge is 0.431 e. The molecule has 0 radical (unpaired) electrons. The van der Waals surface area contributed by atoms with Gasteiger partial charge < -0.3 is 20.9 Å². The molecule has 28 heavy (non-hydrogen) atoms. The summed E-state index contributed by atoms with van der Waals surface area (Å²) in [4.78, 5) is 12.0. The fraction of sp³-hybridized carbons (Fsp3) is 1.00. The molecule has 0 aromatic heterocycles. The van der Waals surface area contributed by atoms with Gasteiger partial charge in [-0.15, -0.1) is 0 Å². The maximum atomic E-state index is 12.0. The van der Waals surface area contributed by atoms with Crippen LogP contribution in [0.1, 0.15) is 116 Å². The van der Waals surface area contributed by atoms with Crippen LogP contribution < -0.4 is 0 Å². The maximum absolute atomic E-state index is 12.0. The molecule has 0 saturated heterocycles. The molecule has 3 saturated carbocycles. The van der Waals surface area contributed by atoms with E-state index >= 15 is 0 Å². The van der Waals surface area contributed by atoms with E-state index < -0.39 is 8.32 Å². The number of hydrogen-bond donors (Lipinski definition) is 2. The van der Waals surface area contributed by atoms with E-state index in [0.717, 1.165) is 29.5 Å². The molecule has 4 nitrogen and oxygen atoms in total. The third kappa shape index (κ3) is 8.87. The Morgan fingerprint density at radius 2 is 0.929 bits per heavy atom. The van der Waals surface area contributed by atoms with Crippen LogP contribution in [0.3, 0.4) is 0 Å². The summed E-state index contributed by atoms with van der Waals surface area (Å²) >= 11 is 0. The van der Waals surface area contributed by atoms with Crippen molar-refractivity contribution >= 4 is 8.32 Å². The van der Waals surface area contributed by atoms with E-state index in [9.17, 15) is 4.80 Å². The second kappa shape index (κ2) is 17.5. The molecule has 3 fully saturated rings. The van der Waals surface area contributed by atoms with Crippen molar-refractivity contribution in [1.82, 2.24) is 0 Å². The predicted octanol–water partition coefficient (Wildman–Crippen LogP) is 5.05. The molecule has 0 spiro atoms. The van der Waals surface area contributed by atoms with Gasteiger partial charge in [0.1, 0.15) is 0 Å². The van der Waals surface area contributed by atoms with Crippen LogP contribution in [0.5, 0.6) is 0 Å². The van der Waals surface area contributed by atoms with Crippen molar-refractivity contribution in [3.05, 3.63) is 0 Å². The second-order valence-corrected chi connectivity index (χ2v) is 13.2. The third-order valence-electron chi connectivity index (χ3n) is 7.29. The van der Waals surface area contributed by atoms with E-state index in [0.29, 0.717) is 6.61 Å². The SMILES string of the molecule is CCCCO.O.O.O[Si](C1CCCCC1)(C1CCCCC1)C1CCCCC1.[Ti]. The molecule has 3 aliphatic rings. The average molecular weight is 453 g/mol. The van der Waals surface area contributed by atoms with Crippen LogP contribution in [0.25, 0.3) is 0 Å². The third-order valence-corrected chi connectivity index (χ3v) is 12.9. The van der Waals surface area contributed by atoms with E-state index in [1.165, 1.54) is 96.3 Å². The topological polar surface area (TPSA) is 103 Å². The number of hydrogen-bond acceptors (Lipinski definition) is 2. The number of aliphatic hydroxyl groups is 1. The molecule has 168 valence electrons. The van der Waals surface area contributed by atoms with Gasteiger partial charge in [-0.3, -0.25) is 0 Å². The van der Waals surface area contributed by atoms with E-state index in [1.807, 2.05) is 0 Å². The van der Waals surface area contributed by atoms with Crippen molar-refractivity contribution in [2.75, 3.05) is 6.61 Å². The van der Waals surface area contributed by atoms with Gasteiger partial charge in [-0.25, -0.2) is 0 Å². The van der Waals surface area contributed by atoms with E-state index in [2.05, 4.69) is 6.92 Å². The van der Waals surface area contributed by atoms with Gasteiger partial charge in [-0.1, -0.05) is 110 Å². The molecule has 0 atom stereocenters. The maximum Gasteiger partial charge on any atom is 0.197 e. The van der Waals surface area contributed by atoms with Gasteiger partial charge in [-0.2, -0.15) is 0 Å². The molecule has 0 aliphatic heterocycles. The smallest absolute Gasteiger partial charge is 0.197 e. The Balaban J connectivity index is 0. The fourth-order valence-electron chi connectivity index (χ4n) is 5.85. The number of aliphatic hydroxyl groups excluding tert-OH is 1. The Morgan fingerprint density at radius 3 is 1.11 bits per heavy atom. The summed E-state index contributed by atoms with van der Waals surface area (Å²) < 4.78 is 0. The van der Waals surface area contributed by atoms with Gasteiger partial charge in [0, 0.05) is 28.3 Å². The van der Waals surface area contributed by atoms with Crippen LogP contribution in [-0.2, 0) is 21.7 Å². The first kappa shape index (κ1) is 31.0. The van der Waals surface area contributed by atoms with Crippen LogP contribution in [0.2, 0.25) is 16.6 Å². The first-order chi connectivity index (χ1) is 12.2. The number of rotatable bonds is 5. The molecule has 0 heterocycles. The summed E-state index contributed by atoms with van der Waals surface area (Å²) in [7, 11) is -2.05. The van der Waals surface area contributed by atoms with Gasteiger partial charge in [0.15, 0.2) is 8.32 Å². The molecule has 6 heteroatoms. The summed E-state index contributed by atoms with van der Waals surface area (Å²) in [6, 6.07) is 0. The first-order valence-electron chi connectivity index (χ1n) is 11.6. The zero-order valence-corrected chi connectivity index (χ0v) is 20.9. The first-order valence-corrected chi connectivity index (χ1v) is 13.7. The molecular formula is C22H48O4SiTi. The standard InChI is InChI=1S/C18H34OSi.C4H10O.2H2O.Ti/c19-20(16-10-4-1-5-11-16,17-12-6-2-7-13-17)18-14-8-3-9-15-18;1-2-3-4-5;;;/h16-19H,1-15H2;5H,2-4H2,1H3;2*1H2;. The summed E-state index contributed by atoms with van der Waals surface area (Å²) in [6.45, 7) is 2.40. The second-order valence-electron chi connectivity index (χ2n) is 8.97. The molecular weight excluding hydrogens is 404 g/mol. The van der Waals surface area contributed by atoms with Gasteiger partial charge in [0.25, 0.3) is 0 Å². The molecule has 0 aromatic carbocycles.